The zero-order valence-corrected chi connectivity index (χ0v) is 18.2. The van der Waals surface area contributed by atoms with Crippen molar-refractivity contribution in [2.24, 2.45) is 13.0 Å². The van der Waals surface area contributed by atoms with Gasteiger partial charge in [-0.2, -0.15) is 0 Å². The number of carbonyl (C=O) groups excluding carboxylic acids is 2. The molecule has 0 unspecified atom stereocenters. The molecular formula is C21H38N4O2. The van der Waals surface area contributed by atoms with Gasteiger partial charge in [0.25, 0.3) is 0 Å². The van der Waals surface area contributed by atoms with Crippen LogP contribution in [0.4, 0.5) is 4.79 Å². The lowest BCUT2D eigenvalue weighted by Gasteiger charge is -2.31. The minimum absolute atomic E-state index is 0.00522. The molecule has 0 bridgehead atoms. The highest BCUT2D eigenvalue weighted by Gasteiger charge is 2.25. The van der Waals surface area contributed by atoms with Crippen molar-refractivity contribution in [2.45, 2.75) is 66.5 Å². The highest BCUT2D eigenvalue weighted by molar-refractivity contribution is 5.84. The fourth-order valence-electron chi connectivity index (χ4n) is 2.82. The smallest absolute Gasteiger partial charge is 0.318 e. The third-order valence-corrected chi connectivity index (χ3v) is 4.22. The van der Waals surface area contributed by atoms with Crippen LogP contribution in [0.15, 0.2) is 18.3 Å². The standard InChI is InChI=1S/C21H38N4O2/c1-8-9-13-24(15-18-11-10-12-23(18)7)19(26)16-25(14-17(2)3)20(27)22-21(4,5)6/h10-12,17H,8-9,13-16H2,1-7H3,(H,22,27). The third kappa shape index (κ3) is 8.50. The van der Waals surface area contributed by atoms with Crippen molar-refractivity contribution < 1.29 is 9.59 Å². The number of aromatic nitrogens is 1. The molecule has 27 heavy (non-hydrogen) atoms. The molecule has 1 N–H and O–H groups in total. The Morgan fingerprint density at radius 1 is 1.22 bits per heavy atom. The number of hydrogen-bond donors (Lipinski definition) is 1. The molecule has 0 aliphatic heterocycles. The Balaban J connectivity index is 2.88. The molecule has 0 saturated heterocycles. The van der Waals surface area contributed by atoms with Gasteiger partial charge in [0.2, 0.25) is 5.91 Å². The Labute approximate surface area is 164 Å². The summed E-state index contributed by atoms with van der Waals surface area (Å²) in [5.74, 6) is 0.287. The maximum atomic E-state index is 13.0. The molecule has 6 heteroatoms. The minimum Gasteiger partial charge on any atom is -0.353 e. The molecule has 0 fully saturated rings. The topological polar surface area (TPSA) is 57.6 Å². The summed E-state index contributed by atoms with van der Waals surface area (Å²) in [6, 6.07) is 3.84. The number of nitrogens with zero attached hydrogens (tertiary/aromatic N) is 3. The maximum Gasteiger partial charge on any atom is 0.318 e. The van der Waals surface area contributed by atoms with Crippen molar-refractivity contribution >= 4 is 11.9 Å². The molecular weight excluding hydrogens is 340 g/mol. The Hall–Kier alpha value is -1.98. The van der Waals surface area contributed by atoms with E-state index in [0.29, 0.717) is 25.6 Å². The molecule has 1 heterocycles. The number of unbranched alkanes of at least 4 members (excludes halogenated alkanes) is 1. The van der Waals surface area contributed by atoms with Crippen LogP contribution in [0.2, 0.25) is 0 Å². The number of aryl methyl sites for hydroxylation is 1. The molecule has 1 aromatic heterocycles. The van der Waals surface area contributed by atoms with E-state index >= 15 is 0 Å². The van der Waals surface area contributed by atoms with E-state index in [0.717, 1.165) is 18.5 Å². The Bertz CT molecular complexity index is 602. The van der Waals surface area contributed by atoms with E-state index in [1.54, 1.807) is 4.90 Å². The van der Waals surface area contributed by atoms with Crippen LogP contribution in [-0.4, -0.2) is 51.5 Å². The molecule has 0 spiro atoms. The van der Waals surface area contributed by atoms with E-state index in [1.807, 2.05) is 55.6 Å². The Kier molecular flexibility index (Phi) is 8.86. The van der Waals surface area contributed by atoms with E-state index in [1.165, 1.54) is 0 Å². The summed E-state index contributed by atoms with van der Waals surface area (Å²) in [4.78, 5) is 29.2. The Morgan fingerprint density at radius 2 is 1.89 bits per heavy atom. The Morgan fingerprint density at radius 3 is 2.37 bits per heavy atom. The van der Waals surface area contributed by atoms with Crippen molar-refractivity contribution in [3.8, 4) is 0 Å². The lowest BCUT2D eigenvalue weighted by molar-refractivity contribution is -0.132. The van der Waals surface area contributed by atoms with Crippen LogP contribution in [0.3, 0.4) is 0 Å². The first-order valence-electron chi connectivity index (χ1n) is 9.98. The summed E-state index contributed by atoms with van der Waals surface area (Å²) >= 11 is 0. The van der Waals surface area contributed by atoms with Crippen molar-refractivity contribution in [3.05, 3.63) is 24.0 Å². The highest BCUT2D eigenvalue weighted by atomic mass is 16.2. The largest absolute Gasteiger partial charge is 0.353 e. The number of hydrogen-bond acceptors (Lipinski definition) is 2. The van der Waals surface area contributed by atoms with Gasteiger partial charge in [-0.25, -0.2) is 4.79 Å². The van der Waals surface area contributed by atoms with Gasteiger partial charge >= 0.3 is 6.03 Å². The second kappa shape index (κ2) is 10.4. The van der Waals surface area contributed by atoms with Crippen molar-refractivity contribution in [3.63, 3.8) is 0 Å². The number of amides is 3. The van der Waals surface area contributed by atoms with E-state index in [-0.39, 0.29) is 24.0 Å². The fourth-order valence-corrected chi connectivity index (χ4v) is 2.82. The molecule has 6 nitrogen and oxygen atoms in total. The van der Waals surface area contributed by atoms with Crippen LogP contribution in [0, 0.1) is 5.92 Å². The highest BCUT2D eigenvalue weighted by Crippen LogP contribution is 2.10. The van der Waals surface area contributed by atoms with Gasteiger partial charge < -0.3 is 19.7 Å². The van der Waals surface area contributed by atoms with Crippen LogP contribution in [-0.2, 0) is 18.4 Å². The molecule has 0 aliphatic rings. The summed E-state index contributed by atoms with van der Waals surface area (Å²) in [7, 11) is 1.99. The van der Waals surface area contributed by atoms with Gasteiger partial charge in [0.15, 0.2) is 0 Å². The van der Waals surface area contributed by atoms with Crippen molar-refractivity contribution in [2.75, 3.05) is 19.6 Å². The second-order valence-electron chi connectivity index (χ2n) is 8.73. The molecule has 0 aromatic carbocycles. The van der Waals surface area contributed by atoms with Crippen molar-refractivity contribution in [1.82, 2.24) is 19.7 Å². The first kappa shape index (κ1) is 23.1. The number of nitrogens with one attached hydrogen (secondary N) is 1. The van der Waals surface area contributed by atoms with Crippen LogP contribution in [0.25, 0.3) is 0 Å². The molecule has 0 saturated carbocycles. The minimum atomic E-state index is -0.333. The van der Waals surface area contributed by atoms with Crippen LogP contribution >= 0.6 is 0 Å². The molecule has 0 radical (unpaired) electrons. The van der Waals surface area contributed by atoms with Gasteiger partial charge in [-0.15, -0.1) is 0 Å². The average Bonchev–Trinajstić information content (AvgIpc) is 2.93. The predicted octanol–water partition coefficient (Wildman–Crippen LogP) is 3.62. The third-order valence-electron chi connectivity index (χ3n) is 4.22. The summed E-state index contributed by atoms with van der Waals surface area (Å²) < 4.78 is 2.03. The zero-order chi connectivity index (χ0) is 20.6. The molecule has 1 rings (SSSR count). The molecule has 1 aromatic rings. The van der Waals surface area contributed by atoms with Gasteiger partial charge in [0, 0.05) is 37.6 Å². The van der Waals surface area contributed by atoms with Gasteiger partial charge in [-0.05, 0) is 45.2 Å². The summed E-state index contributed by atoms with van der Waals surface area (Å²) in [5, 5.41) is 2.98. The SMILES string of the molecule is CCCCN(Cc1cccn1C)C(=O)CN(CC(C)C)C(=O)NC(C)(C)C. The molecule has 3 amide bonds. The van der Waals surface area contributed by atoms with Gasteiger partial charge in [-0.3, -0.25) is 4.79 Å². The summed E-state index contributed by atoms with van der Waals surface area (Å²) in [6.07, 6.45) is 3.96. The molecule has 0 aliphatic carbocycles. The first-order valence-corrected chi connectivity index (χ1v) is 9.98. The fraction of sp³-hybridized carbons (Fsp3) is 0.714. The monoisotopic (exact) mass is 378 g/mol. The van der Waals surface area contributed by atoms with E-state index in [4.69, 9.17) is 0 Å². The van der Waals surface area contributed by atoms with Crippen LogP contribution < -0.4 is 5.32 Å². The number of carbonyl (C=O) groups is 2. The zero-order valence-electron chi connectivity index (χ0n) is 18.2. The average molecular weight is 379 g/mol. The quantitative estimate of drug-likeness (QED) is 0.713. The van der Waals surface area contributed by atoms with E-state index in [9.17, 15) is 9.59 Å². The maximum absolute atomic E-state index is 13.0. The van der Waals surface area contributed by atoms with Crippen molar-refractivity contribution in [1.29, 1.82) is 0 Å². The van der Waals surface area contributed by atoms with E-state index in [2.05, 4.69) is 26.1 Å². The van der Waals surface area contributed by atoms with Crippen LogP contribution in [0.1, 0.15) is 60.1 Å². The predicted molar refractivity (Wildman–Crippen MR) is 110 cm³/mol. The summed E-state index contributed by atoms with van der Waals surface area (Å²) in [6.45, 7) is 14.0. The van der Waals surface area contributed by atoms with Gasteiger partial charge in [0.05, 0.1) is 6.54 Å². The molecule has 154 valence electrons. The number of urea groups is 1. The lowest BCUT2D eigenvalue weighted by Crippen LogP contribution is -2.52. The van der Waals surface area contributed by atoms with Crippen LogP contribution in [0.5, 0.6) is 0 Å². The second-order valence-corrected chi connectivity index (χ2v) is 8.73. The molecule has 0 atom stereocenters. The summed E-state index contributed by atoms with van der Waals surface area (Å²) in [5.41, 5.74) is 0.759. The van der Waals surface area contributed by atoms with E-state index < -0.39 is 0 Å². The van der Waals surface area contributed by atoms with Gasteiger partial charge in [-0.1, -0.05) is 27.2 Å². The van der Waals surface area contributed by atoms with Gasteiger partial charge in [0.1, 0.15) is 6.54 Å². The number of rotatable bonds is 9. The first-order chi connectivity index (χ1) is 12.5. The lowest BCUT2D eigenvalue weighted by atomic mass is 10.1. The normalized spacial score (nSPS) is 11.6.